The van der Waals surface area contributed by atoms with Gasteiger partial charge in [0.25, 0.3) is 5.91 Å². The van der Waals surface area contributed by atoms with Crippen LogP contribution in [0.25, 0.3) is 0 Å². The van der Waals surface area contributed by atoms with Crippen LogP contribution in [-0.2, 0) is 10.2 Å². The van der Waals surface area contributed by atoms with Crippen LogP contribution in [0.15, 0.2) is 24.3 Å². The number of rotatable bonds is 4. The highest BCUT2D eigenvalue weighted by atomic mass is 16.5. The number of hydrogen-bond donors (Lipinski definition) is 0. The zero-order valence-corrected chi connectivity index (χ0v) is 14.3. The Bertz CT molecular complexity index is 500. The van der Waals surface area contributed by atoms with Gasteiger partial charge in [-0.3, -0.25) is 4.79 Å². The Morgan fingerprint density at radius 1 is 1.14 bits per heavy atom. The van der Waals surface area contributed by atoms with Crippen LogP contribution in [0.2, 0.25) is 0 Å². The molecule has 1 aromatic rings. The second kappa shape index (κ2) is 7.14. The summed E-state index contributed by atoms with van der Waals surface area (Å²) in [6.45, 7) is 13.3. The van der Waals surface area contributed by atoms with E-state index < -0.39 is 0 Å². The lowest BCUT2D eigenvalue weighted by molar-refractivity contribution is -0.135. The van der Waals surface area contributed by atoms with Crippen LogP contribution in [0, 0.1) is 0 Å². The Balaban J connectivity index is 1.92. The highest BCUT2D eigenvalue weighted by Crippen LogP contribution is 2.30. The Morgan fingerprint density at radius 2 is 1.77 bits per heavy atom. The maximum atomic E-state index is 12.3. The molecule has 0 atom stereocenters. The number of likely N-dealkylation sites (N-methyl/N-ethyl adjacent to an activating group) is 1. The van der Waals surface area contributed by atoms with Crippen molar-refractivity contribution < 1.29 is 9.53 Å². The standard InChI is InChI=1S/C18H28N2O2/c1-5-19-10-12-20(13-11-19)17(21)14-22-16-9-7-6-8-15(16)18(2,3)4/h6-9H,5,10-14H2,1-4H3. The maximum Gasteiger partial charge on any atom is 0.260 e. The number of piperazine rings is 1. The lowest BCUT2D eigenvalue weighted by Crippen LogP contribution is -2.49. The van der Waals surface area contributed by atoms with Gasteiger partial charge in [-0.1, -0.05) is 45.9 Å². The summed E-state index contributed by atoms with van der Waals surface area (Å²) < 4.78 is 5.83. The van der Waals surface area contributed by atoms with Crippen molar-refractivity contribution >= 4 is 5.91 Å². The molecular formula is C18H28N2O2. The van der Waals surface area contributed by atoms with Crippen molar-refractivity contribution in [2.24, 2.45) is 0 Å². The molecular weight excluding hydrogens is 276 g/mol. The van der Waals surface area contributed by atoms with E-state index in [-0.39, 0.29) is 17.9 Å². The zero-order valence-electron chi connectivity index (χ0n) is 14.3. The van der Waals surface area contributed by atoms with E-state index >= 15 is 0 Å². The SMILES string of the molecule is CCN1CCN(C(=O)COc2ccccc2C(C)(C)C)CC1. The molecule has 4 heteroatoms. The number of carbonyl (C=O) groups is 1. The molecule has 0 saturated carbocycles. The van der Waals surface area contributed by atoms with Crippen LogP contribution < -0.4 is 4.74 Å². The minimum atomic E-state index is 0.00634. The summed E-state index contributed by atoms with van der Waals surface area (Å²) in [4.78, 5) is 16.6. The van der Waals surface area contributed by atoms with E-state index in [1.807, 2.05) is 23.1 Å². The van der Waals surface area contributed by atoms with Crippen molar-refractivity contribution in [3.8, 4) is 5.75 Å². The summed E-state index contributed by atoms with van der Waals surface area (Å²) in [5.41, 5.74) is 1.14. The smallest absolute Gasteiger partial charge is 0.260 e. The molecule has 0 bridgehead atoms. The predicted molar refractivity (Wildman–Crippen MR) is 89.3 cm³/mol. The van der Waals surface area contributed by atoms with E-state index in [0.29, 0.717) is 0 Å². The molecule has 122 valence electrons. The highest BCUT2D eigenvalue weighted by molar-refractivity contribution is 5.78. The van der Waals surface area contributed by atoms with Gasteiger partial charge in [-0.25, -0.2) is 0 Å². The van der Waals surface area contributed by atoms with E-state index in [0.717, 1.165) is 44.0 Å². The molecule has 0 aromatic heterocycles. The van der Waals surface area contributed by atoms with Gasteiger partial charge in [-0.15, -0.1) is 0 Å². The largest absolute Gasteiger partial charge is 0.483 e. The van der Waals surface area contributed by atoms with Gasteiger partial charge in [-0.05, 0) is 23.6 Å². The summed E-state index contributed by atoms with van der Waals surface area (Å²) in [7, 11) is 0. The number of benzene rings is 1. The van der Waals surface area contributed by atoms with Crippen LogP contribution in [0.4, 0.5) is 0 Å². The molecule has 1 heterocycles. The van der Waals surface area contributed by atoms with Crippen LogP contribution in [0.5, 0.6) is 5.75 Å². The molecule has 0 aliphatic carbocycles. The molecule has 0 unspecified atom stereocenters. The van der Waals surface area contributed by atoms with E-state index in [1.165, 1.54) is 0 Å². The molecule has 0 radical (unpaired) electrons. The Hall–Kier alpha value is -1.55. The van der Waals surface area contributed by atoms with E-state index in [1.54, 1.807) is 0 Å². The number of amides is 1. The quantitative estimate of drug-likeness (QED) is 0.857. The zero-order chi connectivity index (χ0) is 16.2. The first-order valence-electron chi connectivity index (χ1n) is 8.14. The van der Waals surface area contributed by atoms with Gasteiger partial charge < -0.3 is 14.5 Å². The van der Waals surface area contributed by atoms with E-state index in [4.69, 9.17) is 4.74 Å². The summed E-state index contributed by atoms with van der Waals surface area (Å²) in [6.07, 6.45) is 0. The second-order valence-corrected chi connectivity index (χ2v) is 6.85. The van der Waals surface area contributed by atoms with Gasteiger partial charge in [0.2, 0.25) is 0 Å². The van der Waals surface area contributed by atoms with Crippen molar-refractivity contribution in [1.29, 1.82) is 0 Å². The van der Waals surface area contributed by atoms with Gasteiger partial charge in [0.05, 0.1) is 0 Å². The van der Waals surface area contributed by atoms with Crippen molar-refractivity contribution in [1.82, 2.24) is 9.80 Å². The van der Waals surface area contributed by atoms with Gasteiger partial charge in [0, 0.05) is 26.2 Å². The monoisotopic (exact) mass is 304 g/mol. The molecule has 1 fully saturated rings. The lowest BCUT2D eigenvalue weighted by Gasteiger charge is -2.34. The van der Waals surface area contributed by atoms with Gasteiger partial charge in [0.1, 0.15) is 5.75 Å². The number of carbonyl (C=O) groups excluding carboxylic acids is 1. The summed E-state index contributed by atoms with van der Waals surface area (Å²) in [5, 5.41) is 0. The molecule has 4 nitrogen and oxygen atoms in total. The van der Waals surface area contributed by atoms with Crippen molar-refractivity contribution in [3.05, 3.63) is 29.8 Å². The average Bonchev–Trinajstić information content (AvgIpc) is 2.52. The van der Waals surface area contributed by atoms with Crippen LogP contribution in [0.3, 0.4) is 0 Å². The van der Waals surface area contributed by atoms with Gasteiger partial charge in [0.15, 0.2) is 6.61 Å². The fourth-order valence-corrected chi connectivity index (χ4v) is 2.76. The van der Waals surface area contributed by atoms with E-state index in [9.17, 15) is 4.79 Å². The summed E-state index contributed by atoms with van der Waals surface area (Å²) in [5.74, 6) is 0.898. The number of ether oxygens (including phenoxy) is 1. The molecule has 0 N–H and O–H groups in total. The average molecular weight is 304 g/mol. The predicted octanol–water partition coefficient (Wildman–Crippen LogP) is 2.53. The molecule has 0 spiro atoms. The molecule has 1 aliphatic rings. The number of nitrogens with zero attached hydrogens (tertiary/aromatic N) is 2. The van der Waals surface area contributed by atoms with Crippen LogP contribution in [0.1, 0.15) is 33.3 Å². The fraction of sp³-hybridized carbons (Fsp3) is 0.611. The normalized spacial score (nSPS) is 16.6. The second-order valence-electron chi connectivity index (χ2n) is 6.85. The van der Waals surface area contributed by atoms with Crippen LogP contribution in [-0.4, -0.2) is 55.0 Å². The summed E-state index contributed by atoms with van der Waals surface area (Å²) >= 11 is 0. The summed E-state index contributed by atoms with van der Waals surface area (Å²) in [6, 6.07) is 7.98. The van der Waals surface area contributed by atoms with Crippen molar-refractivity contribution in [2.75, 3.05) is 39.3 Å². The Morgan fingerprint density at radius 3 is 2.36 bits per heavy atom. The maximum absolute atomic E-state index is 12.3. The minimum absolute atomic E-state index is 0.00634. The fourth-order valence-electron chi connectivity index (χ4n) is 2.76. The van der Waals surface area contributed by atoms with E-state index in [2.05, 4.69) is 38.7 Å². The van der Waals surface area contributed by atoms with Crippen LogP contribution >= 0.6 is 0 Å². The first-order chi connectivity index (χ1) is 10.4. The number of hydrogen-bond acceptors (Lipinski definition) is 3. The van der Waals surface area contributed by atoms with Crippen molar-refractivity contribution in [3.63, 3.8) is 0 Å². The minimum Gasteiger partial charge on any atom is -0.483 e. The van der Waals surface area contributed by atoms with Gasteiger partial charge in [-0.2, -0.15) is 0 Å². The molecule has 2 rings (SSSR count). The highest BCUT2D eigenvalue weighted by Gasteiger charge is 2.22. The first-order valence-corrected chi connectivity index (χ1v) is 8.14. The third-order valence-electron chi connectivity index (χ3n) is 4.22. The topological polar surface area (TPSA) is 32.8 Å². The molecule has 22 heavy (non-hydrogen) atoms. The lowest BCUT2D eigenvalue weighted by atomic mass is 9.86. The molecule has 1 aromatic carbocycles. The molecule has 1 amide bonds. The number of para-hydroxylation sites is 1. The molecule has 1 saturated heterocycles. The Labute approximate surface area is 134 Å². The third-order valence-corrected chi connectivity index (χ3v) is 4.22. The van der Waals surface area contributed by atoms with Crippen molar-refractivity contribution in [2.45, 2.75) is 33.1 Å². The van der Waals surface area contributed by atoms with Gasteiger partial charge >= 0.3 is 0 Å². The third kappa shape index (κ3) is 4.23. The Kier molecular flexibility index (Phi) is 5.46. The molecule has 1 aliphatic heterocycles. The first kappa shape index (κ1) is 16.8.